The Balaban J connectivity index is 1.40. The molecule has 0 spiro atoms. The van der Waals surface area contributed by atoms with E-state index in [9.17, 15) is 9.90 Å². The highest BCUT2D eigenvalue weighted by atomic mass is 16.5. The molecular weight excluding hydrogens is 374 g/mol. The zero-order valence-electron chi connectivity index (χ0n) is 16.5. The normalized spacial score (nSPS) is 15.4. The van der Waals surface area contributed by atoms with Crippen LogP contribution in [0, 0.1) is 0 Å². The summed E-state index contributed by atoms with van der Waals surface area (Å²) in [4.78, 5) is 14.1. The van der Waals surface area contributed by atoms with E-state index in [1.54, 1.807) is 30.3 Å². The van der Waals surface area contributed by atoms with Gasteiger partial charge in [0.1, 0.15) is 11.5 Å². The van der Waals surface area contributed by atoms with E-state index in [-0.39, 0.29) is 12.3 Å². The topological polar surface area (TPSA) is 96.5 Å². The Morgan fingerprint density at radius 3 is 2.76 bits per heavy atom. The summed E-state index contributed by atoms with van der Waals surface area (Å²) in [6.07, 6.45) is 1.20. The van der Waals surface area contributed by atoms with Gasteiger partial charge in [0, 0.05) is 25.6 Å². The summed E-state index contributed by atoms with van der Waals surface area (Å²) in [5, 5.41) is 14.2. The van der Waals surface area contributed by atoms with Gasteiger partial charge in [0.05, 0.1) is 32.1 Å². The molecule has 1 aromatic heterocycles. The third-order valence-electron chi connectivity index (χ3n) is 4.54. The number of aliphatic hydroxyl groups excluding tert-OH is 1. The molecule has 1 aliphatic rings. The van der Waals surface area contributed by atoms with Gasteiger partial charge in [-0.2, -0.15) is 5.10 Å². The van der Waals surface area contributed by atoms with Gasteiger partial charge in [-0.25, -0.2) is 5.43 Å². The van der Waals surface area contributed by atoms with Crippen molar-refractivity contribution in [1.82, 2.24) is 5.43 Å². The maximum absolute atomic E-state index is 12.0. The lowest BCUT2D eigenvalue weighted by Gasteiger charge is -2.26. The lowest BCUT2D eigenvalue weighted by atomic mass is 10.0. The maximum atomic E-state index is 12.0. The molecule has 1 atom stereocenters. The zero-order chi connectivity index (χ0) is 20.5. The molecule has 0 aliphatic carbocycles. The minimum atomic E-state index is -0.721. The van der Waals surface area contributed by atoms with Gasteiger partial charge in [-0.05, 0) is 37.1 Å². The van der Waals surface area contributed by atoms with E-state index in [0.29, 0.717) is 32.0 Å². The van der Waals surface area contributed by atoms with E-state index < -0.39 is 6.10 Å². The van der Waals surface area contributed by atoms with Crippen molar-refractivity contribution < 1.29 is 23.8 Å². The van der Waals surface area contributed by atoms with Crippen LogP contribution in [-0.2, 0) is 9.53 Å². The van der Waals surface area contributed by atoms with Crippen molar-refractivity contribution in [2.45, 2.75) is 25.9 Å². The van der Waals surface area contributed by atoms with Crippen LogP contribution >= 0.6 is 0 Å². The second-order valence-electron chi connectivity index (χ2n) is 6.63. The van der Waals surface area contributed by atoms with Crippen LogP contribution in [0.4, 0.5) is 5.88 Å². The van der Waals surface area contributed by atoms with Crippen LogP contribution in [0.1, 0.15) is 37.2 Å². The Bertz CT molecular complexity index is 797. The van der Waals surface area contributed by atoms with Crippen molar-refractivity contribution in [3.05, 3.63) is 47.7 Å². The van der Waals surface area contributed by atoms with Gasteiger partial charge in [0.15, 0.2) is 5.88 Å². The lowest BCUT2D eigenvalue weighted by Crippen LogP contribution is -2.35. The largest absolute Gasteiger partial charge is 0.494 e. The van der Waals surface area contributed by atoms with E-state index in [2.05, 4.69) is 15.4 Å². The SMILES string of the molecule is CCOc1ccc([C@@H](O)CCC(=O)N/N=C\c2ccc(N3CCOCC3)o2)cc1. The third-order valence-corrected chi connectivity index (χ3v) is 4.54. The van der Waals surface area contributed by atoms with Crippen LogP contribution in [0.15, 0.2) is 45.9 Å². The number of morpholine rings is 1. The predicted molar refractivity (Wildman–Crippen MR) is 109 cm³/mol. The van der Waals surface area contributed by atoms with Crippen LogP contribution in [0.3, 0.4) is 0 Å². The van der Waals surface area contributed by atoms with Gasteiger partial charge in [0.2, 0.25) is 5.91 Å². The fourth-order valence-electron chi connectivity index (χ4n) is 2.98. The van der Waals surface area contributed by atoms with Crippen molar-refractivity contribution in [2.24, 2.45) is 5.10 Å². The second kappa shape index (κ2) is 10.6. The van der Waals surface area contributed by atoms with Crippen molar-refractivity contribution in [1.29, 1.82) is 0 Å². The first kappa shape index (κ1) is 20.9. The third kappa shape index (κ3) is 6.33. The lowest BCUT2D eigenvalue weighted by molar-refractivity contribution is -0.121. The van der Waals surface area contributed by atoms with Crippen LogP contribution in [0.5, 0.6) is 5.75 Å². The highest BCUT2D eigenvalue weighted by Crippen LogP contribution is 2.21. The van der Waals surface area contributed by atoms with Gasteiger partial charge < -0.3 is 23.9 Å². The fourth-order valence-corrected chi connectivity index (χ4v) is 2.98. The molecule has 8 nitrogen and oxygen atoms in total. The molecule has 156 valence electrons. The molecule has 2 heterocycles. The molecule has 2 aromatic rings. The molecule has 0 saturated carbocycles. The number of ether oxygens (including phenoxy) is 2. The summed E-state index contributed by atoms with van der Waals surface area (Å²) in [5.74, 6) is 1.80. The molecule has 8 heteroatoms. The van der Waals surface area contributed by atoms with Crippen molar-refractivity contribution in [3.63, 3.8) is 0 Å². The Hall–Kier alpha value is -2.84. The van der Waals surface area contributed by atoms with Crippen molar-refractivity contribution in [2.75, 3.05) is 37.8 Å². The summed E-state index contributed by atoms with van der Waals surface area (Å²) < 4.78 is 16.4. The van der Waals surface area contributed by atoms with E-state index in [1.165, 1.54) is 6.21 Å². The maximum Gasteiger partial charge on any atom is 0.240 e. The summed E-state index contributed by atoms with van der Waals surface area (Å²) in [6, 6.07) is 10.9. The molecule has 29 heavy (non-hydrogen) atoms. The molecule has 1 amide bonds. The van der Waals surface area contributed by atoms with Crippen LogP contribution < -0.4 is 15.1 Å². The standard InChI is InChI=1S/C21H27N3O5/c1-2-28-17-5-3-16(4-6-17)19(25)8-9-20(26)23-22-15-18-7-10-21(29-18)24-11-13-27-14-12-24/h3-7,10,15,19,25H,2,8-9,11-14H2,1H3,(H,23,26)/b22-15-/t19-/m0/s1. The average Bonchev–Trinajstić information content (AvgIpc) is 3.22. The van der Waals surface area contributed by atoms with Gasteiger partial charge in [-0.1, -0.05) is 12.1 Å². The number of furan rings is 1. The summed E-state index contributed by atoms with van der Waals surface area (Å²) in [6.45, 7) is 5.45. The number of nitrogens with one attached hydrogen (secondary N) is 1. The number of hydrogen-bond acceptors (Lipinski definition) is 7. The summed E-state index contributed by atoms with van der Waals surface area (Å²) in [5.41, 5.74) is 3.20. The minimum Gasteiger partial charge on any atom is -0.494 e. The van der Waals surface area contributed by atoms with E-state index in [4.69, 9.17) is 13.9 Å². The Kier molecular flexibility index (Phi) is 7.66. The molecule has 1 saturated heterocycles. The number of rotatable bonds is 9. The number of aliphatic hydroxyl groups is 1. The number of hydrogen-bond donors (Lipinski definition) is 2. The molecular formula is C21H27N3O5. The monoisotopic (exact) mass is 401 g/mol. The smallest absolute Gasteiger partial charge is 0.240 e. The predicted octanol–water partition coefficient (Wildman–Crippen LogP) is 2.48. The molecule has 1 fully saturated rings. The number of carbonyl (C=O) groups excluding carboxylic acids is 1. The first-order valence-electron chi connectivity index (χ1n) is 9.81. The number of carbonyl (C=O) groups is 1. The number of nitrogens with zero attached hydrogens (tertiary/aromatic N) is 2. The van der Waals surface area contributed by atoms with E-state index in [1.807, 2.05) is 13.0 Å². The van der Waals surface area contributed by atoms with E-state index >= 15 is 0 Å². The molecule has 0 bridgehead atoms. The second-order valence-corrected chi connectivity index (χ2v) is 6.63. The van der Waals surface area contributed by atoms with Gasteiger partial charge in [0.25, 0.3) is 0 Å². The highest BCUT2D eigenvalue weighted by molar-refractivity contribution is 5.80. The number of benzene rings is 1. The van der Waals surface area contributed by atoms with Gasteiger partial charge in [-0.15, -0.1) is 0 Å². The molecule has 2 N–H and O–H groups in total. The van der Waals surface area contributed by atoms with Crippen LogP contribution in [0.2, 0.25) is 0 Å². The number of hydrazone groups is 1. The molecule has 0 unspecified atom stereocenters. The Morgan fingerprint density at radius 1 is 1.28 bits per heavy atom. The Morgan fingerprint density at radius 2 is 2.03 bits per heavy atom. The fraction of sp³-hybridized carbons (Fsp3) is 0.429. The van der Waals surface area contributed by atoms with Crippen molar-refractivity contribution >= 4 is 18.0 Å². The quantitative estimate of drug-likeness (QED) is 0.495. The van der Waals surface area contributed by atoms with Gasteiger partial charge >= 0.3 is 0 Å². The highest BCUT2D eigenvalue weighted by Gasteiger charge is 2.14. The summed E-state index contributed by atoms with van der Waals surface area (Å²) in [7, 11) is 0. The number of amides is 1. The molecule has 3 rings (SSSR count). The molecule has 1 aliphatic heterocycles. The Labute approximate surface area is 170 Å². The first-order valence-corrected chi connectivity index (χ1v) is 9.81. The average molecular weight is 401 g/mol. The van der Waals surface area contributed by atoms with Crippen molar-refractivity contribution in [3.8, 4) is 5.75 Å². The number of anilines is 1. The zero-order valence-corrected chi connectivity index (χ0v) is 16.5. The van der Waals surface area contributed by atoms with Gasteiger partial charge in [-0.3, -0.25) is 4.79 Å². The minimum absolute atomic E-state index is 0.156. The van der Waals surface area contributed by atoms with Crippen LogP contribution in [-0.4, -0.2) is 50.1 Å². The first-order chi connectivity index (χ1) is 14.2. The van der Waals surface area contributed by atoms with E-state index in [0.717, 1.165) is 30.3 Å². The molecule has 0 radical (unpaired) electrons. The molecule has 1 aromatic carbocycles. The summed E-state index contributed by atoms with van der Waals surface area (Å²) >= 11 is 0. The van der Waals surface area contributed by atoms with Crippen LogP contribution in [0.25, 0.3) is 0 Å².